The second-order valence-corrected chi connectivity index (χ2v) is 5.82. The average molecular weight is 343 g/mol. The van der Waals surface area contributed by atoms with Crippen LogP contribution >= 0.6 is 0 Å². The number of benzene rings is 1. The number of rotatable bonds is 4. The lowest BCUT2D eigenvalue weighted by Gasteiger charge is -2.17. The van der Waals surface area contributed by atoms with Crippen molar-refractivity contribution in [2.45, 2.75) is 19.6 Å². The van der Waals surface area contributed by atoms with Gasteiger partial charge in [0.2, 0.25) is 5.58 Å². The normalized spacial score (nSPS) is 12.3. The third-order valence-corrected chi connectivity index (χ3v) is 3.75. The summed E-state index contributed by atoms with van der Waals surface area (Å²) in [5.41, 5.74) is 0.590. The van der Waals surface area contributed by atoms with Gasteiger partial charge in [0.15, 0.2) is 6.10 Å². The van der Waals surface area contributed by atoms with Gasteiger partial charge < -0.3 is 14.1 Å². The van der Waals surface area contributed by atoms with E-state index in [-0.39, 0.29) is 18.0 Å². The van der Waals surface area contributed by atoms with E-state index in [1.54, 1.807) is 32.3 Å². The van der Waals surface area contributed by atoms with Crippen molar-refractivity contribution < 1.29 is 18.7 Å². The zero-order valence-corrected chi connectivity index (χ0v) is 14.1. The number of hydrogen-bond acceptors (Lipinski definition) is 6. The van der Waals surface area contributed by atoms with E-state index in [9.17, 15) is 14.4 Å². The molecule has 25 heavy (non-hydrogen) atoms. The topological polar surface area (TPSA) is 94.6 Å². The molecule has 0 aliphatic carbocycles. The van der Waals surface area contributed by atoms with Gasteiger partial charge in [0, 0.05) is 19.5 Å². The molecule has 8 nitrogen and oxygen atoms in total. The molecule has 0 unspecified atom stereocenters. The lowest BCUT2D eigenvalue weighted by molar-refractivity contribution is -0.158. The Morgan fingerprint density at radius 2 is 2.04 bits per heavy atom. The minimum absolute atomic E-state index is 0.0777. The average Bonchev–Trinajstić information content (AvgIpc) is 2.96. The molecule has 3 aromatic rings. The van der Waals surface area contributed by atoms with Gasteiger partial charge in [0.1, 0.15) is 17.6 Å². The first-order chi connectivity index (χ1) is 11.9. The second-order valence-electron chi connectivity index (χ2n) is 5.82. The van der Waals surface area contributed by atoms with Crippen LogP contribution in [0.1, 0.15) is 6.92 Å². The van der Waals surface area contributed by atoms with Crippen molar-refractivity contribution in [1.29, 1.82) is 0 Å². The number of amides is 1. The van der Waals surface area contributed by atoms with Crippen molar-refractivity contribution in [2.24, 2.45) is 0 Å². The number of para-hydroxylation sites is 1. The molecule has 0 aliphatic rings. The number of aromatic nitrogens is 2. The van der Waals surface area contributed by atoms with E-state index in [0.29, 0.717) is 11.1 Å². The molecule has 130 valence electrons. The summed E-state index contributed by atoms with van der Waals surface area (Å²) < 4.78 is 11.7. The van der Waals surface area contributed by atoms with Crippen molar-refractivity contribution >= 4 is 33.9 Å². The highest BCUT2D eigenvalue weighted by Gasteiger charge is 2.20. The summed E-state index contributed by atoms with van der Waals surface area (Å²) in [5.74, 6) is -1.05. The Kier molecular flexibility index (Phi) is 4.26. The van der Waals surface area contributed by atoms with Crippen molar-refractivity contribution in [2.75, 3.05) is 14.1 Å². The number of fused-ring (bicyclic) bond motifs is 3. The van der Waals surface area contributed by atoms with E-state index in [1.807, 2.05) is 6.07 Å². The van der Waals surface area contributed by atoms with Crippen LogP contribution in [0.2, 0.25) is 0 Å². The predicted octanol–water partition coefficient (Wildman–Crippen LogP) is 1.16. The molecule has 0 aliphatic heterocycles. The summed E-state index contributed by atoms with van der Waals surface area (Å²) in [7, 11) is 3.13. The Bertz CT molecular complexity index is 1020. The standard InChI is InChI=1S/C17H17N3O5/c1-10(16(22)19(2)3)24-13(21)8-20-9-18-14-11-6-4-5-7-12(11)25-15(14)17(20)23/h4-7,9-10H,8H2,1-3H3/t10-/m1/s1. The van der Waals surface area contributed by atoms with Crippen LogP contribution < -0.4 is 5.56 Å². The van der Waals surface area contributed by atoms with E-state index < -0.39 is 17.6 Å². The van der Waals surface area contributed by atoms with Gasteiger partial charge in [-0.3, -0.25) is 19.0 Å². The maximum Gasteiger partial charge on any atom is 0.326 e. The maximum absolute atomic E-state index is 12.5. The van der Waals surface area contributed by atoms with Crippen LogP contribution in [0.25, 0.3) is 22.1 Å². The molecule has 2 aromatic heterocycles. The molecule has 1 atom stereocenters. The van der Waals surface area contributed by atoms with Crippen molar-refractivity contribution in [3.8, 4) is 0 Å². The van der Waals surface area contributed by atoms with Gasteiger partial charge in [0.25, 0.3) is 11.5 Å². The summed E-state index contributed by atoms with van der Waals surface area (Å²) in [6, 6.07) is 7.17. The third kappa shape index (κ3) is 3.10. The predicted molar refractivity (Wildman–Crippen MR) is 90.0 cm³/mol. The Morgan fingerprint density at radius 1 is 1.32 bits per heavy atom. The van der Waals surface area contributed by atoms with Gasteiger partial charge in [0.05, 0.1) is 6.33 Å². The number of furan rings is 1. The van der Waals surface area contributed by atoms with E-state index in [2.05, 4.69) is 4.98 Å². The Hall–Kier alpha value is -3.16. The largest absolute Gasteiger partial charge is 0.451 e. The lowest BCUT2D eigenvalue weighted by atomic mass is 10.2. The summed E-state index contributed by atoms with van der Waals surface area (Å²) in [6.07, 6.45) is 0.341. The van der Waals surface area contributed by atoms with Crippen LogP contribution in [0.15, 0.2) is 39.8 Å². The number of hydrogen-bond donors (Lipinski definition) is 0. The van der Waals surface area contributed by atoms with Gasteiger partial charge in [-0.1, -0.05) is 12.1 Å². The van der Waals surface area contributed by atoms with Crippen LogP contribution in [0.3, 0.4) is 0 Å². The number of nitrogens with zero attached hydrogens (tertiary/aromatic N) is 3. The van der Waals surface area contributed by atoms with E-state index >= 15 is 0 Å². The zero-order chi connectivity index (χ0) is 18.1. The fourth-order valence-corrected chi connectivity index (χ4v) is 2.52. The Labute approximate surface area is 142 Å². The highest BCUT2D eigenvalue weighted by atomic mass is 16.5. The van der Waals surface area contributed by atoms with Crippen LogP contribution in [-0.2, 0) is 20.9 Å². The highest BCUT2D eigenvalue weighted by Crippen LogP contribution is 2.23. The molecule has 1 aromatic carbocycles. The maximum atomic E-state index is 12.5. The minimum atomic E-state index is -0.930. The molecule has 2 heterocycles. The van der Waals surface area contributed by atoms with E-state index in [4.69, 9.17) is 9.15 Å². The first-order valence-corrected chi connectivity index (χ1v) is 7.66. The van der Waals surface area contributed by atoms with Gasteiger partial charge in [-0.25, -0.2) is 4.98 Å². The molecule has 3 rings (SSSR count). The lowest BCUT2D eigenvalue weighted by Crippen LogP contribution is -2.36. The van der Waals surface area contributed by atoms with Gasteiger partial charge in [-0.15, -0.1) is 0 Å². The van der Waals surface area contributed by atoms with Crippen molar-refractivity contribution in [1.82, 2.24) is 14.5 Å². The van der Waals surface area contributed by atoms with Gasteiger partial charge in [-0.2, -0.15) is 0 Å². The molecular formula is C17H17N3O5. The number of esters is 1. The van der Waals surface area contributed by atoms with Gasteiger partial charge in [-0.05, 0) is 19.1 Å². The smallest absolute Gasteiger partial charge is 0.326 e. The molecule has 0 fully saturated rings. The first kappa shape index (κ1) is 16.7. The Morgan fingerprint density at radius 3 is 2.76 bits per heavy atom. The molecule has 0 spiro atoms. The second kappa shape index (κ2) is 6.39. The van der Waals surface area contributed by atoms with Crippen molar-refractivity contribution in [3.63, 3.8) is 0 Å². The van der Waals surface area contributed by atoms with Crippen LogP contribution in [0.5, 0.6) is 0 Å². The van der Waals surface area contributed by atoms with E-state index in [1.165, 1.54) is 18.2 Å². The summed E-state index contributed by atoms with van der Waals surface area (Å²) >= 11 is 0. The molecule has 0 radical (unpaired) electrons. The first-order valence-electron chi connectivity index (χ1n) is 7.66. The summed E-state index contributed by atoms with van der Waals surface area (Å²) in [4.78, 5) is 41.8. The molecule has 1 amide bonds. The third-order valence-electron chi connectivity index (χ3n) is 3.75. The van der Waals surface area contributed by atoms with Crippen LogP contribution in [0.4, 0.5) is 0 Å². The quantitative estimate of drug-likeness (QED) is 0.660. The molecule has 0 saturated carbocycles. The number of carbonyl (C=O) groups is 2. The fourth-order valence-electron chi connectivity index (χ4n) is 2.52. The molecule has 0 N–H and O–H groups in total. The molecule has 0 bridgehead atoms. The molecule has 8 heteroatoms. The van der Waals surface area contributed by atoms with Crippen LogP contribution in [0, 0.1) is 0 Å². The highest BCUT2D eigenvalue weighted by molar-refractivity contribution is 6.01. The van der Waals surface area contributed by atoms with Gasteiger partial charge >= 0.3 is 5.97 Å². The summed E-state index contributed by atoms with van der Waals surface area (Å²) in [6.45, 7) is 1.12. The Balaban J connectivity index is 1.86. The van der Waals surface area contributed by atoms with E-state index in [0.717, 1.165) is 9.95 Å². The molecule has 0 saturated heterocycles. The minimum Gasteiger partial charge on any atom is -0.451 e. The summed E-state index contributed by atoms with van der Waals surface area (Å²) in [5, 5.41) is 0.731. The number of likely N-dealkylation sites (N-methyl/N-ethyl adjacent to an activating group) is 1. The molecular weight excluding hydrogens is 326 g/mol. The fraction of sp³-hybridized carbons (Fsp3) is 0.294. The van der Waals surface area contributed by atoms with Crippen molar-refractivity contribution in [3.05, 3.63) is 40.9 Å². The van der Waals surface area contributed by atoms with Crippen LogP contribution in [-0.4, -0.2) is 46.5 Å². The SMILES string of the molecule is C[C@@H](OC(=O)Cn1cnc2c(oc3ccccc32)c1=O)C(=O)N(C)C. The zero-order valence-electron chi connectivity index (χ0n) is 14.1. The number of carbonyl (C=O) groups excluding carboxylic acids is 2. The number of ether oxygens (including phenoxy) is 1. The monoisotopic (exact) mass is 343 g/mol.